The van der Waals surface area contributed by atoms with E-state index < -0.39 is 148 Å². The molecule has 0 saturated carbocycles. The van der Waals surface area contributed by atoms with Crippen molar-refractivity contribution in [3.05, 3.63) is 239 Å². The average Bonchev–Trinajstić information content (AvgIpc) is 1.61. The second-order valence-corrected chi connectivity index (χ2v) is 37.5. The number of carbonyl (C=O) groups is 10. The van der Waals surface area contributed by atoms with Gasteiger partial charge in [-0.05, 0) is 209 Å². The summed E-state index contributed by atoms with van der Waals surface area (Å²) in [5.41, 5.74) is 3.32. The quantitative estimate of drug-likeness (QED) is 0.0164. The number of nitrogens with zero attached hydrogens (tertiary/aromatic N) is 4. The molecule has 4 aromatic heterocycles. The fourth-order valence-corrected chi connectivity index (χ4v) is 13.4. The van der Waals surface area contributed by atoms with Gasteiger partial charge in [-0.2, -0.15) is 0 Å². The highest BCUT2D eigenvalue weighted by Gasteiger charge is 2.53. The topological polar surface area (TPSA) is 530 Å². The lowest BCUT2D eigenvalue weighted by Gasteiger charge is -2.29. The Balaban J connectivity index is 0.000000849. The van der Waals surface area contributed by atoms with E-state index in [-0.39, 0.29) is 80.9 Å². The molecule has 0 bridgehead atoms. The Kier molecular flexibility index (Phi) is 45.7. The molecule has 0 aliphatic carbocycles. The minimum Gasteiger partial charge on any atom is -0.507 e. The van der Waals surface area contributed by atoms with Crippen LogP contribution in [0, 0.1) is 40.9 Å². The van der Waals surface area contributed by atoms with Gasteiger partial charge in [0.25, 0.3) is 0 Å². The Morgan fingerprint density at radius 2 is 0.584 bits per heavy atom. The first-order valence-corrected chi connectivity index (χ1v) is 42.4. The monoisotopic (exact) mass is 1920 g/mol. The number of para-hydroxylation sites is 1. The Hall–Kier alpha value is -13.4. The molecule has 0 radical (unpaired) electrons. The number of hydrogen-bond donors (Lipinski definition) is 12. The van der Waals surface area contributed by atoms with Gasteiger partial charge in [-0.15, -0.1) is 11.3 Å². The summed E-state index contributed by atoms with van der Waals surface area (Å²) in [6.45, 7) is 27.8. The largest absolute Gasteiger partial charge is 0.507 e. The number of carboxylic acid groups (broad SMARTS) is 10. The first-order chi connectivity index (χ1) is 61.3. The highest BCUT2D eigenvalue weighted by atomic mass is 32.1. The van der Waals surface area contributed by atoms with E-state index in [0.717, 1.165) is 55.1 Å². The van der Waals surface area contributed by atoms with Crippen molar-refractivity contribution < 1.29 is 132 Å². The molecular weight excluding hydrogens is 1780 g/mol. The van der Waals surface area contributed by atoms with Crippen LogP contribution in [0.3, 0.4) is 0 Å². The molecule has 0 fully saturated rings. The molecule has 0 saturated heterocycles. The number of carboxylic acids is 10. The smallest absolute Gasteiger partial charge is 0.323 e. The molecule has 0 amide bonds. The maximum absolute atomic E-state index is 11.8. The number of aliphatic carboxylic acids is 10. The number of benzene rings is 6. The number of nitrogens with two attached hydrogens (primary N) is 1. The average molecular weight is 1920 g/mol. The molecule has 0 atom stereocenters. The highest BCUT2D eigenvalue weighted by Crippen LogP contribution is 2.38. The van der Waals surface area contributed by atoms with Crippen LogP contribution in [0.15, 0.2) is 205 Å². The number of ether oxygens (including phenoxy) is 5. The standard InChI is InChI=1S/C21H24O6.C20H25NO6.C20H23NO5.C19H23N3O5.C19H22O5S.5CH4/c1-20(2,3)27-13-21(18(23)24,19(25)26)12-14-8-10-15(11-9-14)16-6-4-5-7-17(16)22;1-12-16(13(2)27-21-12)15-8-6-14(7-9-15)10-20(17(22)23,18(24)25)11-26-19(3,4)5;1-19(2,3)26-13-20(17(22)23,18(24)25)12-14-4-6-15(7-5-14)16-8-10-21-11-9-16;1-18(2,3)27-11-19(15(23)24,16(25)26)8-12-4-6-13(7-5-12)14-9-21-17(20)22-10-14;1-18(2,3)24-12-19(16(20)21,17(22)23)11-13-6-8-14(9-7-13)15-5-4-10-25-15;;;;;/h4-11,22H,12-13H2,1-3H3,(H,23,24)(H,25,26);6-9H,10-11H2,1-5H3,(H,22,23)(H,24,25);4-11H,12-13H2,1-3H3,(H,22,23)(H,24,25);4-7,9-10H,8,11H2,1-3H3,(H,23,24)(H,25,26)(H2,20,21,22);4-10H,11-12H2,1-3H3,(H,20,21)(H,22,23);5*1H4. The molecular formula is C104H137N5O27S. The number of thiophene rings is 1. The van der Waals surface area contributed by atoms with Crippen LogP contribution in [-0.4, -0.2) is 197 Å². The molecule has 13 N–H and O–H groups in total. The number of nitrogen functional groups attached to an aromatic ring is 1. The number of anilines is 1. The predicted molar refractivity (Wildman–Crippen MR) is 525 cm³/mol. The molecule has 0 aliphatic rings. The fourth-order valence-electron chi connectivity index (χ4n) is 12.6. The first kappa shape index (κ1) is 122. The Morgan fingerprint density at radius 3 is 0.832 bits per heavy atom. The van der Waals surface area contributed by atoms with Gasteiger partial charge in [-0.1, -0.05) is 188 Å². The normalized spacial score (nSPS) is 11.6. The van der Waals surface area contributed by atoms with Crippen LogP contribution in [0.4, 0.5) is 5.95 Å². The van der Waals surface area contributed by atoms with Crippen molar-refractivity contribution in [2.75, 3.05) is 38.8 Å². The summed E-state index contributed by atoms with van der Waals surface area (Å²) >= 11 is 1.61. The van der Waals surface area contributed by atoms with Crippen molar-refractivity contribution in [3.63, 3.8) is 0 Å². The van der Waals surface area contributed by atoms with Crippen molar-refractivity contribution >= 4 is 77.0 Å². The number of phenols is 1. The minimum atomic E-state index is -2.08. The van der Waals surface area contributed by atoms with E-state index in [1.165, 1.54) is 0 Å². The number of rotatable bonds is 35. The highest BCUT2D eigenvalue weighted by molar-refractivity contribution is 7.13. The van der Waals surface area contributed by atoms with E-state index in [9.17, 15) is 104 Å². The second kappa shape index (κ2) is 51.5. The van der Waals surface area contributed by atoms with Crippen LogP contribution in [0.25, 0.3) is 54.9 Å². The Labute approximate surface area is 805 Å². The van der Waals surface area contributed by atoms with Gasteiger partial charge in [0.05, 0.1) is 66.7 Å². The molecule has 10 rings (SSSR count). The Morgan fingerprint density at radius 1 is 0.328 bits per heavy atom. The van der Waals surface area contributed by atoms with Gasteiger partial charge in [0.15, 0.2) is 27.1 Å². The SMILES string of the molecule is C.C.C.C.C.CC(C)(C)OCC(Cc1ccc(-c2ccccc2O)cc1)(C(=O)O)C(=O)O.CC(C)(C)OCC(Cc1ccc(-c2cccs2)cc1)(C(=O)O)C(=O)O.CC(C)(C)OCC(Cc1ccc(-c2ccncc2)cc1)(C(=O)O)C(=O)O.CC(C)(C)OCC(Cc1ccc(-c2cnc(N)nc2)cc1)(C(=O)O)C(=O)O.Cc1noc(C)c1-c1ccc(CC(COC(C)(C)C)(C(=O)O)C(=O)O)cc1. The van der Waals surface area contributed by atoms with Gasteiger partial charge in [-0.3, -0.25) is 52.9 Å². The molecule has 0 unspecified atom stereocenters. The maximum atomic E-state index is 11.8. The van der Waals surface area contributed by atoms with Crippen molar-refractivity contribution in [3.8, 4) is 60.7 Å². The van der Waals surface area contributed by atoms with Gasteiger partial charge in [-0.25, -0.2) is 9.97 Å². The number of aromatic nitrogens is 4. The van der Waals surface area contributed by atoms with E-state index in [1.807, 2.05) is 67.8 Å². The van der Waals surface area contributed by atoms with Crippen molar-refractivity contribution in [1.29, 1.82) is 0 Å². The molecule has 137 heavy (non-hydrogen) atoms. The van der Waals surface area contributed by atoms with Crippen molar-refractivity contribution in [2.45, 2.75) is 215 Å². The summed E-state index contributed by atoms with van der Waals surface area (Å²) in [6.07, 6.45) is 5.63. The zero-order valence-corrected chi connectivity index (χ0v) is 77.7. The summed E-state index contributed by atoms with van der Waals surface area (Å²) in [5, 5.41) is 112. The summed E-state index contributed by atoms with van der Waals surface area (Å²) in [6, 6.07) is 49.7. The summed E-state index contributed by atoms with van der Waals surface area (Å²) in [7, 11) is 0. The summed E-state index contributed by atoms with van der Waals surface area (Å²) in [4.78, 5) is 131. The minimum absolute atomic E-state index is 0. The third-order valence-electron chi connectivity index (χ3n) is 20.5. The van der Waals surface area contributed by atoms with Crippen LogP contribution in [-0.2, 0) is 104 Å². The molecule has 4 heterocycles. The molecule has 0 spiro atoms. The molecule has 32 nitrogen and oxygen atoms in total. The van der Waals surface area contributed by atoms with Gasteiger partial charge >= 0.3 is 59.7 Å². The second-order valence-electron chi connectivity index (χ2n) is 36.6. The number of aryl methyl sites for hydroxylation is 2. The summed E-state index contributed by atoms with van der Waals surface area (Å²) in [5.74, 6) is -13.2. The number of phenolic OH excluding ortho intramolecular Hbond substituents is 1. The molecule has 33 heteroatoms. The van der Waals surface area contributed by atoms with E-state index in [2.05, 4.69) is 20.1 Å². The van der Waals surface area contributed by atoms with Gasteiger partial charge < -0.3 is 90.1 Å². The lowest BCUT2D eigenvalue weighted by Crippen LogP contribution is -2.47. The fraction of sp³-hybridized carbons (Fsp3) is 0.404. The van der Waals surface area contributed by atoms with Crippen LogP contribution < -0.4 is 5.73 Å². The number of pyridine rings is 1. The predicted octanol–water partition coefficient (Wildman–Crippen LogP) is 19.7. The molecule has 746 valence electrons. The van der Waals surface area contributed by atoms with Gasteiger partial charge in [0.1, 0.15) is 11.5 Å². The molecule has 0 aliphatic heterocycles. The maximum Gasteiger partial charge on any atom is 0.323 e. The summed E-state index contributed by atoms with van der Waals surface area (Å²) < 4.78 is 32.7. The van der Waals surface area contributed by atoms with Crippen LogP contribution in [0.2, 0.25) is 0 Å². The third-order valence-corrected chi connectivity index (χ3v) is 21.4. The lowest BCUT2D eigenvalue weighted by atomic mass is 9.82. The Bertz CT molecular complexity index is 5460. The van der Waals surface area contributed by atoms with Gasteiger partial charge in [0, 0.05) is 78.5 Å². The van der Waals surface area contributed by atoms with Crippen LogP contribution in [0.1, 0.15) is 180 Å². The van der Waals surface area contributed by atoms with Crippen molar-refractivity contribution in [2.24, 2.45) is 27.1 Å². The first-order valence-electron chi connectivity index (χ1n) is 41.5. The van der Waals surface area contributed by atoms with Crippen LogP contribution in [0.5, 0.6) is 5.75 Å². The molecule has 6 aromatic carbocycles. The lowest BCUT2D eigenvalue weighted by molar-refractivity contribution is -0.175. The zero-order valence-electron chi connectivity index (χ0n) is 76.8. The van der Waals surface area contributed by atoms with E-state index in [4.69, 9.17) is 33.9 Å². The molecule has 10 aromatic rings. The number of aromatic hydroxyl groups is 1. The third kappa shape index (κ3) is 35.0. The van der Waals surface area contributed by atoms with Crippen LogP contribution >= 0.6 is 11.3 Å². The van der Waals surface area contributed by atoms with Crippen molar-refractivity contribution in [1.82, 2.24) is 20.1 Å². The zero-order chi connectivity index (χ0) is 98.9. The van der Waals surface area contributed by atoms with E-state index >= 15 is 0 Å². The van der Waals surface area contributed by atoms with E-state index in [0.29, 0.717) is 39.1 Å². The van der Waals surface area contributed by atoms with E-state index in [1.54, 1.807) is 261 Å². The van der Waals surface area contributed by atoms with Gasteiger partial charge in [0.2, 0.25) is 5.95 Å². The number of hydrogen-bond acceptors (Lipinski definition) is 23.